The molecular weight excluding hydrogens is 418 g/mol. The Bertz CT molecular complexity index is 1460. The number of para-hydroxylation sites is 1. The van der Waals surface area contributed by atoms with Gasteiger partial charge in [0.1, 0.15) is 5.75 Å². The topological polar surface area (TPSA) is 81.1 Å². The summed E-state index contributed by atoms with van der Waals surface area (Å²) < 4.78 is 11.8. The quantitative estimate of drug-likeness (QED) is 0.336. The number of hydrogen-bond donors (Lipinski definition) is 0. The van der Waals surface area contributed by atoms with E-state index in [2.05, 4.69) is 10.1 Å². The number of ether oxygens (including phenoxy) is 2. The molecule has 1 amide bonds. The Labute approximate surface area is 190 Å². The van der Waals surface area contributed by atoms with Gasteiger partial charge in [-0.2, -0.15) is 5.01 Å². The molecule has 4 aromatic rings. The Morgan fingerprint density at radius 1 is 0.970 bits per heavy atom. The summed E-state index contributed by atoms with van der Waals surface area (Å²) in [4.78, 5) is 29.0. The van der Waals surface area contributed by atoms with E-state index < -0.39 is 12.2 Å². The summed E-state index contributed by atoms with van der Waals surface area (Å²) in [5.41, 5.74) is 2.90. The third-order valence-electron chi connectivity index (χ3n) is 5.47. The van der Waals surface area contributed by atoms with E-state index in [1.807, 2.05) is 67.6 Å². The van der Waals surface area contributed by atoms with Crippen molar-refractivity contribution in [2.24, 2.45) is 5.10 Å². The molecule has 3 aromatic carbocycles. The van der Waals surface area contributed by atoms with Crippen LogP contribution in [0, 0.1) is 6.92 Å². The lowest BCUT2D eigenvalue weighted by atomic mass is 10.0. The van der Waals surface area contributed by atoms with Crippen LogP contribution in [0.4, 0.5) is 0 Å². The Morgan fingerprint density at radius 2 is 1.70 bits per heavy atom. The number of fused-ring (bicyclic) bond motifs is 2. The zero-order valence-electron chi connectivity index (χ0n) is 18.4. The van der Waals surface area contributed by atoms with Crippen molar-refractivity contribution in [3.8, 4) is 5.75 Å². The molecule has 0 aliphatic carbocycles. The van der Waals surface area contributed by atoms with Crippen LogP contribution in [-0.4, -0.2) is 27.8 Å². The summed E-state index contributed by atoms with van der Waals surface area (Å²) >= 11 is 0. The van der Waals surface area contributed by atoms with Crippen LogP contribution < -0.4 is 4.74 Å². The van der Waals surface area contributed by atoms with Gasteiger partial charge >= 0.3 is 5.97 Å². The molecule has 1 aliphatic heterocycles. The molecule has 0 saturated carbocycles. The van der Waals surface area contributed by atoms with Gasteiger partial charge < -0.3 is 9.47 Å². The van der Waals surface area contributed by atoms with Gasteiger partial charge in [0, 0.05) is 30.5 Å². The van der Waals surface area contributed by atoms with E-state index >= 15 is 0 Å². The summed E-state index contributed by atoms with van der Waals surface area (Å²) in [6.45, 7) is 4.68. The largest absolute Gasteiger partial charge is 0.446 e. The first-order chi connectivity index (χ1) is 15.9. The number of rotatable bonds is 3. The fraction of sp³-hybridized carbons (Fsp3) is 0.154. The molecule has 7 nitrogen and oxygen atoms in total. The van der Waals surface area contributed by atoms with Crippen LogP contribution in [0.3, 0.4) is 0 Å². The van der Waals surface area contributed by atoms with Crippen LogP contribution in [0.15, 0.2) is 71.8 Å². The van der Waals surface area contributed by atoms with Gasteiger partial charge in [0.25, 0.3) is 0 Å². The number of aromatic nitrogens is 1. The molecule has 164 valence electrons. The van der Waals surface area contributed by atoms with Crippen LogP contribution in [0.5, 0.6) is 5.75 Å². The second-order valence-electron chi connectivity index (χ2n) is 7.86. The molecule has 0 bridgehead atoms. The minimum atomic E-state index is -0.784. The van der Waals surface area contributed by atoms with Crippen molar-refractivity contribution in [1.82, 2.24) is 9.99 Å². The average molecular weight is 439 g/mol. The lowest BCUT2D eigenvalue weighted by Gasteiger charge is -2.21. The Balaban J connectivity index is 1.69. The predicted molar refractivity (Wildman–Crippen MR) is 125 cm³/mol. The highest BCUT2D eigenvalue weighted by molar-refractivity contribution is 6.10. The van der Waals surface area contributed by atoms with E-state index in [1.165, 1.54) is 18.9 Å². The lowest BCUT2D eigenvalue weighted by Crippen LogP contribution is -2.25. The normalized spacial score (nSPS) is 15.4. The highest BCUT2D eigenvalue weighted by Gasteiger charge is 2.36. The van der Waals surface area contributed by atoms with E-state index in [0.717, 1.165) is 32.9 Å². The van der Waals surface area contributed by atoms with Crippen LogP contribution >= 0.6 is 0 Å². The lowest BCUT2D eigenvalue weighted by molar-refractivity contribution is -0.135. The molecule has 0 saturated heterocycles. The number of amides is 1. The van der Waals surface area contributed by atoms with Gasteiger partial charge in [-0.25, -0.2) is 0 Å². The molecule has 5 rings (SSSR count). The monoisotopic (exact) mass is 439 g/mol. The Hall–Kier alpha value is -4.26. The van der Waals surface area contributed by atoms with Gasteiger partial charge in [-0.15, -0.1) is 5.10 Å². The standard InChI is InChI=1S/C26H21N3O4/c1-15-14-21(20-10-6-7-11-22(20)27-15)26-29(16(2)30)28-25(33-26)24-19-9-5-4-8-18(19)12-13-23(24)32-17(3)31/h4-14,26H,1-3H3/t26-/m0/s1. The maximum Gasteiger partial charge on any atom is 0.308 e. The molecular formula is C26H21N3O4. The third kappa shape index (κ3) is 3.67. The van der Waals surface area contributed by atoms with Crippen molar-refractivity contribution in [3.63, 3.8) is 0 Å². The van der Waals surface area contributed by atoms with Gasteiger partial charge in [0.2, 0.25) is 18.0 Å². The average Bonchev–Trinajstić information content (AvgIpc) is 3.23. The number of nitrogens with zero attached hydrogens (tertiary/aromatic N) is 3. The van der Waals surface area contributed by atoms with Gasteiger partial charge in [-0.1, -0.05) is 48.5 Å². The third-order valence-corrected chi connectivity index (χ3v) is 5.47. The van der Waals surface area contributed by atoms with Crippen LogP contribution in [-0.2, 0) is 14.3 Å². The first kappa shape index (κ1) is 20.6. The maximum atomic E-state index is 12.6. The van der Waals surface area contributed by atoms with E-state index in [-0.39, 0.29) is 11.8 Å². The molecule has 0 radical (unpaired) electrons. The Morgan fingerprint density at radius 3 is 2.45 bits per heavy atom. The molecule has 33 heavy (non-hydrogen) atoms. The van der Waals surface area contributed by atoms with E-state index in [0.29, 0.717) is 11.3 Å². The number of esters is 1. The zero-order valence-corrected chi connectivity index (χ0v) is 18.4. The van der Waals surface area contributed by atoms with Crippen molar-refractivity contribution in [2.45, 2.75) is 27.0 Å². The van der Waals surface area contributed by atoms with Gasteiger partial charge in [0.05, 0.1) is 11.1 Å². The fourth-order valence-corrected chi connectivity index (χ4v) is 4.13. The van der Waals surface area contributed by atoms with E-state index in [4.69, 9.17) is 9.47 Å². The van der Waals surface area contributed by atoms with Crippen molar-refractivity contribution in [3.05, 3.63) is 83.6 Å². The van der Waals surface area contributed by atoms with Crippen molar-refractivity contribution in [2.75, 3.05) is 0 Å². The number of carbonyl (C=O) groups is 2. The second kappa shape index (κ2) is 8.02. The predicted octanol–water partition coefficient (Wildman–Crippen LogP) is 4.86. The minimum Gasteiger partial charge on any atom is -0.446 e. The van der Waals surface area contributed by atoms with Crippen molar-refractivity contribution >= 4 is 39.4 Å². The number of hydrazone groups is 1. The minimum absolute atomic E-state index is 0.210. The highest BCUT2D eigenvalue weighted by atomic mass is 16.5. The summed E-state index contributed by atoms with van der Waals surface area (Å²) in [6.07, 6.45) is -0.784. The molecule has 0 spiro atoms. The second-order valence-corrected chi connectivity index (χ2v) is 7.86. The van der Waals surface area contributed by atoms with E-state index in [1.54, 1.807) is 6.07 Å². The molecule has 0 fully saturated rings. The Kier molecular flexibility index (Phi) is 5.01. The first-order valence-corrected chi connectivity index (χ1v) is 10.5. The molecule has 0 unspecified atom stereocenters. The molecule has 1 atom stereocenters. The molecule has 1 aromatic heterocycles. The summed E-state index contributed by atoms with van der Waals surface area (Å²) in [7, 11) is 0. The fourth-order valence-electron chi connectivity index (χ4n) is 4.13. The van der Waals surface area contributed by atoms with E-state index in [9.17, 15) is 9.59 Å². The summed E-state index contributed by atoms with van der Waals surface area (Å²) in [5, 5.41) is 8.45. The van der Waals surface area contributed by atoms with Crippen molar-refractivity contribution < 1.29 is 19.1 Å². The van der Waals surface area contributed by atoms with Crippen LogP contribution in [0.1, 0.15) is 36.9 Å². The number of aryl methyl sites for hydroxylation is 1. The number of pyridine rings is 1. The van der Waals surface area contributed by atoms with Gasteiger partial charge in [-0.05, 0) is 35.9 Å². The maximum absolute atomic E-state index is 12.6. The molecule has 0 N–H and O–H groups in total. The molecule has 1 aliphatic rings. The zero-order chi connectivity index (χ0) is 23.1. The highest BCUT2D eigenvalue weighted by Crippen LogP contribution is 2.38. The SMILES string of the molecule is CC(=O)Oc1ccc2ccccc2c1C1=NN(C(C)=O)[C@H](c2cc(C)nc3ccccc23)O1. The summed E-state index contributed by atoms with van der Waals surface area (Å²) in [5.74, 6) is -0.203. The number of benzene rings is 3. The van der Waals surface area contributed by atoms with Crippen molar-refractivity contribution in [1.29, 1.82) is 0 Å². The van der Waals surface area contributed by atoms with Crippen LogP contribution in [0.25, 0.3) is 21.7 Å². The van der Waals surface area contributed by atoms with Gasteiger partial charge in [-0.3, -0.25) is 14.6 Å². The summed E-state index contributed by atoms with van der Waals surface area (Å²) in [6, 6.07) is 20.8. The molecule has 2 heterocycles. The van der Waals surface area contributed by atoms with Crippen LogP contribution in [0.2, 0.25) is 0 Å². The number of carbonyl (C=O) groups excluding carboxylic acids is 2. The first-order valence-electron chi connectivity index (χ1n) is 10.5. The smallest absolute Gasteiger partial charge is 0.308 e. The molecule has 7 heteroatoms. The van der Waals surface area contributed by atoms with Gasteiger partial charge in [0.15, 0.2) is 0 Å². The number of hydrogen-bond acceptors (Lipinski definition) is 6.